The van der Waals surface area contributed by atoms with Gasteiger partial charge in [0.2, 0.25) is 5.91 Å². The number of rotatable bonds is 6. The zero-order chi connectivity index (χ0) is 21.1. The van der Waals surface area contributed by atoms with E-state index >= 15 is 0 Å². The Morgan fingerprint density at radius 2 is 1.93 bits per heavy atom. The van der Waals surface area contributed by atoms with Gasteiger partial charge in [-0.05, 0) is 36.2 Å². The number of hydrogen-bond acceptors (Lipinski definition) is 5. The largest absolute Gasteiger partial charge is 0.325 e. The highest BCUT2D eigenvalue weighted by Gasteiger charge is 2.27. The Morgan fingerprint density at radius 3 is 2.63 bits per heavy atom. The van der Waals surface area contributed by atoms with Crippen LogP contribution in [0.2, 0.25) is 0 Å². The third kappa shape index (κ3) is 4.47. The van der Waals surface area contributed by atoms with Gasteiger partial charge in [0.25, 0.3) is 5.56 Å². The molecule has 0 fully saturated rings. The van der Waals surface area contributed by atoms with E-state index in [4.69, 9.17) is 4.98 Å². The third-order valence-corrected chi connectivity index (χ3v) is 7.03. The molecule has 154 valence electrons. The van der Waals surface area contributed by atoms with Crippen LogP contribution in [0.15, 0.2) is 69.4 Å². The molecule has 4 rings (SSSR count). The lowest BCUT2D eigenvalue weighted by Crippen LogP contribution is -2.24. The summed E-state index contributed by atoms with van der Waals surface area (Å²) in [6.45, 7) is 4.20. The van der Waals surface area contributed by atoms with Gasteiger partial charge in [0, 0.05) is 17.4 Å². The van der Waals surface area contributed by atoms with Crippen LogP contribution < -0.4 is 10.9 Å². The van der Waals surface area contributed by atoms with Crippen molar-refractivity contribution in [3.05, 3.63) is 76.2 Å². The van der Waals surface area contributed by atoms with Gasteiger partial charge >= 0.3 is 0 Å². The molecule has 1 aliphatic heterocycles. The van der Waals surface area contributed by atoms with Crippen molar-refractivity contribution < 1.29 is 4.79 Å². The fraction of sp³-hybridized carbons (Fsp3) is 0.261. The number of nitrogens with one attached hydrogen (secondary N) is 1. The fourth-order valence-corrected chi connectivity index (χ4v) is 5.28. The molecule has 2 aromatic carbocycles. The van der Waals surface area contributed by atoms with E-state index in [1.54, 1.807) is 16.3 Å². The summed E-state index contributed by atoms with van der Waals surface area (Å²) in [6.07, 6.45) is 1.73. The molecule has 1 aromatic heterocycles. The van der Waals surface area contributed by atoms with Crippen molar-refractivity contribution in [3.8, 4) is 5.69 Å². The number of aryl methyl sites for hydroxylation is 1. The Bertz CT molecular complexity index is 1110. The van der Waals surface area contributed by atoms with Gasteiger partial charge in [-0.1, -0.05) is 55.9 Å². The number of carbonyl (C=O) groups is 1. The van der Waals surface area contributed by atoms with E-state index in [1.165, 1.54) is 17.3 Å². The first-order valence-electron chi connectivity index (χ1n) is 9.94. The quantitative estimate of drug-likeness (QED) is 0.452. The second-order valence-electron chi connectivity index (χ2n) is 7.17. The van der Waals surface area contributed by atoms with Crippen LogP contribution in [0.25, 0.3) is 5.69 Å². The molecule has 7 heteroatoms. The van der Waals surface area contributed by atoms with E-state index in [2.05, 4.69) is 19.2 Å². The maximum Gasteiger partial charge on any atom is 0.272 e. The van der Waals surface area contributed by atoms with E-state index in [0.29, 0.717) is 10.4 Å². The standard InChI is InChI=1S/C23H23N3O2S2/c1-3-16-9-11-17(12-10-16)24-20(27)14-29-23-25-19-13-15(2)30-21(19)22(28)26(23)18-7-5-4-6-8-18/h4-12,15H,3,13-14H2,1-2H3,(H,24,27). The molecule has 2 heterocycles. The summed E-state index contributed by atoms with van der Waals surface area (Å²) in [6, 6.07) is 17.3. The Labute approximate surface area is 184 Å². The number of aromatic nitrogens is 2. The Balaban J connectivity index is 1.57. The van der Waals surface area contributed by atoms with E-state index in [0.717, 1.165) is 34.8 Å². The van der Waals surface area contributed by atoms with E-state index in [9.17, 15) is 9.59 Å². The smallest absolute Gasteiger partial charge is 0.272 e. The average molecular weight is 438 g/mol. The molecule has 30 heavy (non-hydrogen) atoms. The monoisotopic (exact) mass is 437 g/mol. The number of anilines is 1. The van der Waals surface area contributed by atoms with Crippen LogP contribution in [0.1, 0.15) is 25.1 Å². The first kappa shape index (κ1) is 20.8. The predicted octanol–water partition coefficient (Wildman–Crippen LogP) is 4.56. The van der Waals surface area contributed by atoms with Crippen molar-refractivity contribution in [2.75, 3.05) is 11.1 Å². The summed E-state index contributed by atoms with van der Waals surface area (Å²) in [7, 11) is 0. The van der Waals surface area contributed by atoms with Crippen molar-refractivity contribution in [1.29, 1.82) is 0 Å². The number of amides is 1. The van der Waals surface area contributed by atoms with Crippen molar-refractivity contribution in [2.24, 2.45) is 0 Å². The van der Waals surface area contributed by atoms with Gasteiger partial charge in [0.05, 0.1) is 22.0 Å². The highest BCUT2D eigenvalue weighted by atomic mass is 32.2. The summed E-state index contributed by atoms with van der Waals surface area (Å²) in [5.74, 6) is 0.0531. The lowest BCUT2D eigenvalue weighted by atomic mass is 10.1. The minimum Gasteiger partial charge on any atom is -0.325 e. The molecule has 1 aliphatic rings. The molecule has 1 unspecified atom stereocenters. The Morgan fingerprint density at radius 1 is 1.20 bits per heavy atom. The van der Waals surface area contributed by atoms with E-state index < -0.39 is 0 Å². The molecule has 0 radical (unpaired) electrons. The maximum absolute atomic E-state index is 13.2. The second-order valence-corrected chi connectivity index (χ2v) is 9.56. The number of fused-ring (bicyclic) bond motifs is 1. The molecular formula is C23H23N3O2S2. The molecule has 1 N–H and O–H groups in total. The molecule has 0 saturated heterocycles. The van der Waals surface area contributed by atoms with Crippen LogP contribution in [0.5, 0.6) is 0 Å². The molecule has 1 amide bonds. The predicted molar refractivity (Wildman–Crippen MR) is 124 cm³/mol. The van der Waals surface area contributed by atoms with Crippen LogP contribution in [0, 0.1) is 0 Å². The lowest BCUT2D eigenvalue weighted by Gasteiger charge is -2.13. The molecule has 0 bridgehead atoms. The average Bonchev–Trinajstić information content (AvgIpc) is 3.14. The summed E-state index contributed by atoms with van der Waals surface area (Å²) < 4.78 is 1.62. The summed E-state index contributed by atoms with van der Waals surface area (Å²) >= 11 is 2.87. The molecule has 0 spiro atoms. The van der Waals surface area contributed by atoms with Gasteiger partial charge in [-0.3, -0.25) is 14.2 Å². The molecule has 3 aromatic rings. The summed E-state index contributed by atoms with van der Waals surface area (Å²) in [5, 5.41) is 3.80. The van der Waals surface area contributed by atoms with Crippen molar-refractivity contribution in [2.45, 2.75) is 42.0 Å². The SMILES string of the molecule is CCc1ccc(NC(=O)CSc2nc3c(c(=O)n2-c2ccccc2)SC(C)C3)cc1. The van der Waals surface area contributed by atoms with Gasteiger partial charge in [-0.15, -0.1) is 11.8 Å². The third-order valence-electron chi connectivity index (χ3n) is 4.87. The molecular weight excluding hydrogens is 414 g/mol. The van der Waals surface area contributed by atoms with Gasteiger partial charge in [0.15, 0.2) is 5.16 Å². The van der Waals surface area contributed by atoms with Gasteiger partial charge in [-0.25, -0.2) is 4.98 Å². The van der Waals surface area contributed by atoms with Gasteiger partial charge in [-0.2, -0.15) is 0 Å². The fourth-order valence-electron chi connectivity index (χ4n) is 3.35. The lowest BCUT2D eigenvalue weighted by molar-refractivity contribution is -0.113. The normalized spacial score (nSPS) is 15.1. The maximum atomic E-state index is 13.2. The summed E-state index contributed by atoms with van der Waals surface area (Å²) in [5.41, 5.74) is 3.53. The van der Waals surface area contributed by atoms with Crippen molar-refractivity contribution in [1.82, 2.24) is 9.55 Å². The number of nitrogens with zero attached hydrogens (tertiary/aromatic N) is 2. The minimum atomic E-state index is -0.124. The van der Waals surface area contributed by atoms with Crippen LogP contribution >= 0.6 is 23.5 Å². The Hall–Kier alpha value is -2.51. The molecule has 0 saturated carbocycles. The molecule has 0 aliphatic carbocycles. The van der Waals surface area contributed by atoms with Crippen LogP contribution in [0.3, 0.4) is 0 Å². The number of hydrogen-bond donors (Lipinski definition) is 1. The van der Waals surface area contributed by atoms with Crippen LogP contribution in [-0.2, 0) is 17.6 Å². The van der Waals surface area contributed by atoms with Crippen LogP contribution in [-0.4, -0.2) is 26.5 Å². The van der Waals surface area contributed by atoms with Crippen molar-refractivity contribution in [3.63, 3.8) is 0 Å². The number of thioether (sulfide) groups is 2. The zero-order valence-corrected chi connectivity index (χ0v) is 18.6. The van der Waals surface area contributed by atoms with E-state index in [-0.39, 0.29) is 17.2 Å². The molecule has 5 nitrogen and oxygen atoms in total. The van der Waals surface area contributed by atoms with Gasteiger partial charge in [0.1, 0.15) is 0 Å². The second kappa shape index (κ2) is 9.10. The molecule has 1 atom stereocenters. The first-order valence-corrected chi connectivity index (χ1v) is 11.8. The zero-order valence-electron chi connectivity index (χ0n) is 16.9. The minimum absolute atomic E-state index is 0.0568. The number of carbonyl (C=O) groups excluding carboxylic acids is 1. The highest BCUT2D eigenvalue weighted by molar-refractivity contribution is 8.00. The topological polar surface area (TPSA) is 64.0 Å². The highest BCUT2D eigenvalue weighted by Crippen LogP contribution is 2.34. The van der Waals surface area contributed by atoms with E-state index in [1.807, 2.05) is 54.6 Å². The Kier molecular flexibility index (Phi) is 6.29. The van der Waals surface area contributed by atoms with Gasteiger partial charge < -0.3 is 5.32 Å². The van der Waals surface area contributed by atoms with Crippen LogP contribution in [0.4, 0.5) is 5.69 Å². The number of benzene rings is 2. The number of para-hydroxylation sites is 1. The van der Waals surface area contributed by atoms with Crippen molar-refractivity contribution >= 4 is 35.1 Å². The first-order chi connectivity index (χ1) is 14.5. The summed E-state index contributed by atoms with van der Waals surface area (Å²) in [4.78, 5) is 31.2.